The summed E-state index contributed by atoms with van der Waals surface area (Å²) in [5, 5.41) is 0. The Bertz CT molecular complexity index is 483. The molecular formula is C16H25N3O3. The summed E-state index contributed by atoms with van der Waals surface area (Å²) in [6.45, 7) is 8.31. The zero-order valence-electron chi connectivity index (χ0n) is 13.7. The van der Waals surface area contributed by atoms with Gasteiger partial charge in [-0.1, -0.05) is 13.8 Å². The number of likely N-dealkylation sites (N-methyl/N-ethyl adjacent to an activating group) is 1. The minimum absolute atomic E-state index is 0.0297. The van der Waals surface area contributed by atoms with Gasteiger partial charge >= 0.3 is 6.03 Å². The van der Waals surface area contributed by atoms with E-state index in [1.807, 2.05) is 25.7 Å². The van der Waals surface area contributed by atoms with E-state index in [9.17, 15) is 14.4 Å². The topological polar surface area (TPSA) is 60.9 Å². The number of imide groups is 1. The maximum absolute atomic E-state index is 12.3. The van der Waals surface area contributed by atoms with E-state index in [1.165, 1.54) is 4.90 Å². The molecule has 0 aromatic rings. The Morgan fingerprint density at radius 3 is 2.41 bits per heavy atom. The number of amides is 4. The first-order chi connectivity index (χ1) is 10.4. The van der Waals surface area contributed by atoms with Gasteiger partial charge in [0.25, 0.3) is 5.91 Å². The summed E-state index contributed by atoms with van der Waals surface area (Å²) >= 11 is 0. The van der Waals surface area contributed by atoms with Gasteiger partial charge in [0.15, 0.2) is 0 Å². The van der Waals surface area contributed by atoms with Crippen LogP contribution < -0.4 is 0 Å². The number of fused-ring (bicyclic) bond motifs is 1. The molecule has 6 nitrogen and oxygen atoms in total. The van der Waals surface area contributed by atoms with Crippen LogP contribution in [0.4, 0.5) is 4.79 Å². The van der Waals surface area contributed by atoms with Crippen molar-refractivity contribution in [2.75, 3.05) is 26.2 Å². The van der Waals surface area contributed by atoms with Crippen molar-refractivity contribution in [3.63, 3.8) is 0 Å². The molecule has 4 amide bonds. The van der Waals surface area contributed by atoms with Crippen molar-refractivity contribution in [1.29, 1.82) is 0 Å². The maximum Gasteiger partial charge on any atom is 0.327 e. The lowest BCUT2D eigenvalue weighted by Gasteiger charge is -2.40. The first kappa shape index (κ1) is 15.3. The molecule has 22 heavy (non-hydrogen) atoms. The van der Waals surface area contributed by atoms with Crippen LogP contribution in [-0.2, 0) is 9.59 Å². The Morgan fingerprint density at radius 1 is 1.27 bits per heavy atom. The Labute approximate surface area is 131 Å². The van der Waals surface area contributed by atoms with Gasteiger partial charge in [-0.3, -0.25) is 14.5 Å². The molecule has 0 aromatic heterocycles. The summed E-state index contributed by atoms with van der Waals surface area (Å²) in [4.78, 5) is 41.7. The number of urea groups is 1. The molecule has 3 heterocycles. The van der Waals surface area contributed by atoms with E-state index in [0.717, 1.165) is 32.4 Å². The Kier molecular flexibility index (Phi) is 3.65. The highest BCUT2D eigenvalue weighted by Crippen LogP contribution is 2.46. The van der Waals surface area contributed by atoms with Crippen molar-refractivity contribution in [2.45, 2.75) is 46.1 Å². The van der Waals surface area contributed by atoms with Gasteiger partial charge in [0, 0.05) is 32.1 Å². The number of hydrogen-bond acceptors (Lipinski definition) is 3. The summed E-state index contributed by atoms with van der Waals surface area (Å²) in [5.74, 6) is 0.199. The number of nitrogens with zero attached hydrogens (tertiary/aromatic N) is 3. The van der Waals surface area contributed by atoms with Crippen molar-refractivity contribution in [3.8, 4) is 0 Å². The molecule has 0 N–H and O–H groups in total. The number of carbonyl (C=O) groups excluding carboxylic acids is 3. The molecule has 1 spiro atoms. The minimum atomic E-state index is -0.264. The molecule has 1 unspecified atom stereocenters. The van der Waals surface area contributed by atoms with Gasteiger partial charge in [-0.05, 0) is 31.6 Å². The summed E-state index contributed by atoms with van der Waals surface area (Å²) in [6.07, 6.45) is 2.55. The second kappa shape index (κ2) is 5.25. The van der Waals surface area contributed by atoms with Crippen LogP contribution in [0.5, 0.6) is 0 Å². The van der Waals surface area contributed by atoms with E-state index in [-0.39, 0.29) is 35.2 Å². The molecule has 3 rings (SSSR count). The third-order valence-electron chi connectivity index (χ3n) is 5.48. The van der Waals surface area contributed by atoms with E-state index < -0.39 is 0 Å². The first-order valence-electron chi connectivity index (χ1n) is 8.29. The average molecular weight is 307 g/mol. The van der Waals surface area contributed by atoms with Crippen molar-refractivity contribution in [2.24, 2.45) is 11.3 Å². The largest absolute Gasteiger partial charge is 0.342 e. The fourth-order valence-corrected chi connectivity index (χ4v) is 4.13. The first-order valence-corrected chi connectivity index (χ1v) is 8.29. The van der Waals surface area contributed by atoms with Crippen LogP contribution in [0.1, 0.15) is 40.0 Å². The zero-order chi connectivity index (χ0) is 16.1. The van der Waals surface area contributed by atoms with E-state index in [1.54, 1.807) is 4.90 Å². The van der Waals surface area contributed by atoms with Crippen LogP contribution >= 0.6 is 0 Å². The molecule has 6 heteroatoms. The van der Waals surface area contributed by atoms with Crippen LogP contribution in [0.15, 0.2) is 0 Å². The average Bonchev–Trinajstić information content (AvgIpc) is 2.96. The quantitative estimate of drug-likeness (QED) is 0.723. The number of piperidine rings is 1. The predicted octanol–water partition coefficient (Wildman–Crippen LogP) is 1.31. The van der Waals surface area contributed by atoms with Crippen molar-refractivity contribution in [3.05, 3.63) is 0 Å². The zero-order valence-corrected chi connectivity index (χ0v) is 13.7. The highest BCUT2D eigenvalue weighted by atomic mass is 16.2. The van der Waals surface area contributed by atoms with Crippen LogP contribution in [0.2, 0.25) is 0 Å². The van der Waals surface area contributed by atoms with Crippen LogP contribution in [0.25, 0.3) is 0 Å². The SMILES string of the molecule is CCN1C(=O)C2CC3(CCN(C(=O)C(C)C)CC3)CN2C1=O. The van der Waals surface area contributed by atoms with E-state index in [0.29, 0.717) is 13.1 Å². The van der Waals surface area contributed by atoms with Gasteiger partial charge in [0.2, 0.25) is 5.91 Å². The summed E-state index contributed by atoms with van der Waals surface area (Å²) in [5.41, 5.74) is 0.0313. The fraction of sp³-hybridized carbons (Fsp3) is 0.812. The molecule has 0 aromatic carbocycles. The number of carbonyl (C=O) groups is 3. The Balaban J connectivity index is 1.67. The minimum Gasteiger partial charge on any atom is -0.342 e. The van der Waals surface area contributed by atoms with Crippen molar-refractivity contribution < 1.29 is 14.4 Å². The predicted molar refractivity (Wildman–Crippen MR) is 81.0 cm³/mol. The standard InChI is InChI=1S/C16H25N3O3/c1-4-18-14(21)12-9-16(10-19(12)15(18)22)5-7-17(8-6-16)13(20)11(2)3/h11-12H,4-10H2,1-3H3. The normalized spacial score (nSPS) is 27.3. The highest BCUT2D eigenvalue weighted by Gasteiger charge is 2.56. The summed E-state index contributed by atoms with van der Waals surface area (Å²) in [7, 11) is 0. The monoisotopic (exact) mass is 307 g/mol. The Morgan fingerprint density at radius 2 is 1.91 bits per heavy atom. The van der Waals surface area contributed by atoms with E-state index >= 15 is 0 Å². The van der Waals surface area contributed by atoms with Gasteiger partial charge in [0.05, 0.1) is 0 Å². The highest BCUT2D eigenvalue weighted by molar-refractivity contribution is 6.04. The molecule has 3 fully saturated rings. The van der Waals surface area contributed by atoms with Gasteiger partial charge < -0.3 is 9.80 Å². The molecule has 1 atom stereocenters. The second-order valence-corrected chi connectivity index (χ2v) is 7.19. The Hall–Kier alpha value is -1.59. The lowest BCUT2D eigenvalue weighted by molar-refractivity contribution is -0.137. The van der Waals surface area contributed by atoms with Gasteiger partial charge in [0.1, 0.15) is 6.04 Å². The van der Waals surface area contributed by atoms with Crippen LogP contribution in [-0.4, -0.2) is 64.8 Å². The van der Waals surface area contributed by atoms with E-state index in [4.69, 9.17) is 0 Å². The molecule has 0 bridgehead atoms. The molecule has 3 aliphatic rings. The molecule has 0 aliphatic carbocycles. The molecule has 0 saturated carbocycles. The lowest BCUT2D eigenvalue weighted by atomic mass is 9.76. The maximum atomic E-state index is 12.3. The molecule has 0 radical (unpaired) electrons. The van der Waals surface area contributed by atoms with Gasteiger partial charge in [-0.2, -0.15) is 0 Å². The van der Waals surface area contributed by atoms with Crippen LogP contribution in [0, 0.1) is 11.3 Å². The van der Waals surface area contributed by atoms with Crippen molar-refractivity contribution >= 4 is 17.8 Å². The number of hydrogen-bond donors (Lipinski definition) is 0. The van der Waals surface area contributed by atoms with Gasteiger partial charge in [-0.25, -0.2) is 4.79 Å². The number of likely N-dealkylation sites (tertiary alicyclic amines) is 1. The lowest BCUT2D eigenvalue weighted by Crippen LogP contribution is -2.46. The van der Waals surface area contributed by atoms with E-state index in [2.05, 4.69) is 0 Å². The van der Waals surface area contributed by atoms with Crippen molar-refractivity contribution in [1.82, 2.24) is 14.7 Å². The van der Waals surface area contributed by atoms with Gasteiger partial charge in [-0.15, -0.1) is 0 Å². The molecule has 3 saturated heterocycles. The third-order valence-corrected chi connectivity index (χ3v) is 5.48. The number of rotatable bonds is 2. The van der Waals surface area contributed by atoms with Crippen LogP contribution in [0.3, 0.4) is 0 Å². The molecule has 3 aliphatic heterocycles. The summed E-state index contributed by atoms with van der Waals surface area (Å²) in [6, 6.07) is -0.394. The second-order valence-electron chi connectivity index (χ2n) is 7.19. The third kappa shape index (κ3) is 2.20. The summed E-state index contributed by atoms with van der Waals surface area (Å²) < 4.78 is 0. The smallest absolute Gasteiger partial charge is 0.327 e. The fourth-order valence-electron chi connectivity index (χ4n) is 4.13. The molecule has 122 valence electrons. The molecular weight excluding hydrogens is 282 g/mol.